The molecule has 0 aliphatic rings. The molecule has 0 N–H and O–H groups in total. The molecular formula is C7H10F5. The lowest BCUT2D eigenvalue weighted by atomic mass is 10.1. The summed E-state index contributed by atoms with van der Waals surface area (Å²) in [6.45, 7) is 3.15. The summed E-state index contributed by atoms with van der Waals surface area (Å²) in [6, 6.07) is 0. The molecular weight excluding hydrogens is 179 g/mol. The van der Waals surface area contributed by atoms with E-state index in [0.29, 0.717) is 0 Å². The van der Waals surface area contributed by atoms with Gasteiger partial charge in [-0.25, -0.2) is 22.0 Å². The number of hydrogen-bond donors (Lipinski definition) is 0. The van der Waals surface area contributed by atoms with E-state index >= 15 is 0 Å². The Balaban J connectivity index is 4.19. The van der Waals surface area contributed by atoms with E-state index in [-0.39, 0.29) is 6.92 Å². The van der Waals surface area contributed by atoms with Crippen LogP contribution in [-0.2, 0) is 0 Å². The Kier molecular flexibility index (Phi) is 3.93. The lowest BCUT2D eigenvalue weighted by molar-refractivity contribution is -0.0977. The molecule has 0 aromatic carbocycles. The minimum Gasteiger partial charge on any atom is -0.244 e. The Morgan fingerprint density at radius 1 is 1.25 bits per heavy atom. The van der Waals surface area contributed by atoms with Crippen LogP contribution in [0.5, 0.6) is 0 Å². The highest BCUT2D eigenvalue weighted by molar-refractivity contribution is 4.84. The number of rotatable bonds is 4. The first-order chi connectivity index (χ1) is 5.30. The molecule has 0 nitrogen and oxygen atoms in total. The Bertz CT molecular complexity index is 130. The Hall–Kier alpha value is -0.350. The SMILES string of the molecule is [CH2]CC(F)C(F)[C@H](F)C(C)(F)F. The van der Waals surface area contributed by atoms with Gasteiger partial charge in [-0.15, -0.1) is 0 Å². The molecule has 5 heteroatoms. The van der Waals surface area contributed by atoms with Crippen LogP contribution in [0.3, 0.4) is 0 Å². The number of halogens is 5. The van der Waals surface area contributed by atoms with Crippen LogP contribution >= 0.6 is 0 Å². The molecule has 3 atom stereocenters. The second-order valence-electron chi connectivity index (χ2n) is 2.61. The van der Waals surface area contributed by atoms with Gasteiger partial charge in [-0.05, 0) is 6.42 Å². The van der Waals surface area contributed by atoms with Crippen molar-refractivity contribution in [3.8, 4) is 0 Å². The van der Waals surface area contributed by atoms with Gasteiger partial charge in [-0.3, -0.25) is 0 Å². The van der Waals surface area contributed by atoms with Gasteiger partial charge in [-0.2, -0.15) is 0 Å². The zero-order valence-corrected chi connectivity index (χ0v) is 6.54. The van der Waals surface area contributed by atoms with E-state index in [2.05, 4.69) is 6.92 Å². The minimum atomic E-state index is -3.85. The van der Waals surface area contributed by atoms with Crippen LogP contribution in [0.25, 0.3) is 0 Å². The third-order valence-corrected chi connectivity index (χ3v) is 1.39. The van der Waals surface area contributed by atoms with Crippen LogP contribution in [0.1, 0.15) is 13.3 Å². The molecule has 0 saturated carbocycles. The molecule has 0 aliphatic heterocycles. The van der Waals surface area contributed by atoms with Crippen LogP contribution in [0.4, 0.5) is 22.0 Å². The van der Waals surface area contributed by atoms with Crippen molar-refractivity contribution in [3.05, 3.63) is 6.92 Å². The molecule has 73 valence electrons. The first-order valence-electron chi connectivity index (χ1n) is 3.40. The van der Waals surface area contributed by atoms with Crippen LogP contribution in [0.15, 0.2) is 0 Å². The lowest BCUT2D eigenvalue weighted by Gasteiger charge is -2.21. The molecule has 0 bridgehead atoms. The molecule has 12 heavy (non-hydrogen) atoms. The van der Waals surface area contributed by atoms with Crippen molar-refractivity contribution in [2.45, 2.75) is 37.8 Å². The van der Waals surface area contributed by atoms with Crippen LogP contribution in [0.2, 0.25) is 0 Å². The average Bonchev–Trinajstić information content (AvgIpc) is 1.98. The molecule has 2 unspecified atom stereocenters. The van der Waals surface area contributed by atoms with Gasteiger partial charge in [0.25, 0.3) is 5.92 Å². The molecule has 0 amide bonds. The van der Waals surface area contributed by atoms with Gasteiger partial charge in [0.05, 0.1) is 0 Å². The van der Waals surface area contributed by atoms with Crippen molar-refractivity contribution < 1.29 is 22.0 Å². The second kappa shape index (κ2) is 4.05. The first-order valence-corrected chi connectivity index (χ1v) is 3.40. The zero-order chi connectivity index (χ0) is 9.94. The molecule has 0 aliphatic carbocycles. The Morgan fingerprint density at radius 2 is 1.67 bits per heavy atom. The van der Waals surface area contributed by atoms with Crippen molar-refractivity contribution >= 4 is 0 Å². The Morgan fingerprint density at radius 3 is 1.92 bits per heavy atom. The lowest BCUT2D eigenvalue weighted by Crippen LogP contribution is -2.39. The molecule has 0 heterocycles. The maximum absolute atomic E-state index is 12.4. The van der Waals surface area contributed by atoms with Gasteiger partial charge in [-0.1, -0.05) is 6.92 Å². The van der Waals surface area contributed by atoms with Gasteiger partial charge in [0.15, 0.2) is 12.3 Å². The predicted octanol–water partition coefficient (Wildman–Crippen LogP) is 2.88. The standard InChI is InChI=1S/C7H10F5/c1-3-4(8)5(9)6(10)7(2,11)12/h4-6H,1,3H2,2H3/t4?,5?,6-/m0/s1. The number of hydrogen-bond acceptors (Lipinski definition) is 0. The van der Waals surface area contributed by atoms with Crippen molar-refractivity contribution in [1.29, 1.82) is 0 Å². The third kappa shape index (κ3) is 2.95. The van der Waals surface area contributed by atoms with Crippen LogP contribution in [0, 0.1) is 6.92 Å². The summed E-state index contributed by atoms with van der Waals surface area (Å²) in [5.74, 6) is -3.85. The van der Waals surface area contributed by atoms with Gasteiger partial charge < -0.3 is 0 Å². The second-order valence-corrected chi connectivity index (χ2v) is 2.61. The molecule has 1 radical (unpaired) electrons. The summed E-state index contributed by atoms with van der Waals surface area (Å²) in [6.07, 6.45) is -8.74. The maximum atomic E-state index is 12.4. The van der Waals surface area contributed by atoms with Crippen LogP contribution < -0.4 is 0 Å². The van der Waals surface area contributed by atoms with E-state index in [4.69, 9.17) is 0 Å². The topological polar surface area (TPSA) is 0 Å². The largest absolute Gasteiger partial charge is 0.278 e. The van der Waals surface area contributed by atoms with E-state index in [1.165, 1.54) is 0 Å². The van der Waals surface area contributed by atoms with Gasteiger partial charge in [0.1, 0.15) is 6.17 Å². The maximum Gasteiger partial charge on any atom is 0.278 e. The average molecular weight is 189 g/mol. The van der Waals surface area contributed by atoms with Gasteiger partial charge in [0.2, 0.25) is 0 Å². The van der Waals surface area contributed by atoms with E-state index in [1.807, 2.05) is 0 Å². The third-order valence-electron chi connectivity index (χ3n) is 1.39. The molecule has 0 saturated heterocycles. The smallest absolute Gasteiger partial charge is 0.244 e. The van der Waals surface area contributed by atoms with E-state index in [1.54, 1.807) is 0 Å². The zero-order valence-electron chi connectivity index (χ0n) is 6.54. The predicted molar refractivity (Wildman–Crippen MR) is 35.3 cm³/mol. The van der Waals surface area contributed by atoms with Gasteiger partial charge >= 0.3 is 0 Å². The summed E-state index contributed by atoms with van der Waals surface area (Å²) in [5, 5.41) is 0. The summed E-state index contributed by atoms with van der Waals surface area (Å²) in [5.41, 5.74) is 0. The molecule has 0 aromatic heterocycles. The van der Waals surface area contributed by atoms with E-state index < -0.39 is 30.9 Å². The normalized spacial score (nSPS) is 20.2. The molecule has 0 fully saturated rings. The molecule has 0 aromatic rings. The van der Waals surface area contributed by atoms with Crippen molar-refractivity contribution in [2.75, 3.05) is 0 Å². The van der Waals surface area contributed by atoms with E-state index in [9.17, 15) is 22.0 Å². The minimum absolute atomic E-state index is 0.208. The quantitative estimate of drug-likeness (QED) is 0.596. The van der Waals surface area contributed by atoms with Crippen molar-refractivity contribution in [2.24, 2.45) is 0 Å². The van der Waals surface area contributed by atoms with Crippen LogP contribution in [-0.4, -0.2) is 24.4 Å². The van der Waals surface area contributed by atoms with Gasteiger partial charge in [0, 0.05) is 6.92 Å². The monoisotopic (exact) mass is 189 g/mol. The van der Waals surface area contributed by atoms with Crippen molar-refractivity contribution in [1.82, 2.24) is 0 Å². The highest BCUT2D eigenvalue weighted by atomic mass is 19.3. The summed E-state index contributed by atoms with van der Waals surface area (Å²) in [7, 11) is 0. The summed E-state index contributed by atoms with van der Waals surface area (Å²) in [4.78, 5) is 0. The molecule has 0 rings (SSSR count). The fourth-order valence-electron chi connectivity index (χ4n) is 0.622. The Labute approximate surface area is 67.8 Å². The van der Waals surface area contributed by atoms with E-state index in [0.717, 1.165) is 0 Å². The fraction of sp³-hybridized carbons (Fsp3) is 0.857. The summed E-state index contributed by atoms with van der Waals surface area (Å²) < 4.78 is 61.2. The summed E-state index contributed by atoms with van der Waals surface area (Å²) >= 11 is 0. The van der Waals surface area contributed by atoms with Crippen molar-refractivity contribution in [3.63, 3.8) is 0 Å². The molecule has 0 spiro atoms. The first kappa shape index (κ1) is 11.6. The highest BCUT2D eigenvalue weighted by Crippen LogP contribution is 2.28. The highest BCUT2D eigenvalue weighted by Gasteiger charge is 2.44. The fourth-order valence-corrected chi connectivity index (χ4v) is 0.622. The number of alkyl halides is 5.